The molecule has 1 atom stereocenters. The molecule has 0 spiro atoms. The van der Waals surface area contributed by atoms with Crippen LogP contribution in [0.1, 0.15) is 46.1 Å². The second-order valence-electron chi connectivity index (χ2n) is 11.6. The summed E-state index contributed by atoms with van der Waals surface area (Å²) in [6.45, 7) is 7.20. The van der Waals surface area contributed by atoms with E-state index >= 15 is 4.39 Å². The molecule has 0 aliphatic carbocycles. The van der Waals surface area contributed by atoms with Crippen LogP contribution in [0.2, 0.25) is 0 Å². The molecule has 0 fully saturated rings. The number of benzene rings is 2. The van der Waals surface area contributed by atoms with Crippen molar-refractivity contribution in [3.63, 3.8) is 0 Å². The quantitative estimate of drug-likeness (QED) is 0.404. The first-order valence-electron chi connectivity index (χ1n) is 12.9. The minimum atomic E-state index is -4.40. The topological polar surface area (TPSA) is 186 Å². The highest BCUT2D eigenvalue weighted by Crippen LogP contribution is 2.38. The van der Waals surface area contributed by atoms with Gasteiger partial charge in [0.2, 0.25) is 11.7 Å². The molecule has 43 heavy (non-hydrogen) atoms. The smallest absolute Gasteiger partial charge is 0.408 e. The SMILES string of the molecule is CC(C)(C)OC(=O)N[C@H]1CS(=O)(=O)c2cc(F)c(-c3noc(C(C)(C)S(C)(=O)=O)n3)cc2N(Cc2ccc(O)cc2)C1=O. The number of nitrogens with zero attached hydrogens (tertiary/aromatic N) is 3. The van der Waals surface area contributed by atoms with Crippen molar-refractivity contribution in [2.24, 2.45) is 0 Å². The highest BCUT2D eigenvalue weighted by molar-refractivity contribution is 7.92. The summed E-state index contributed by atoms with van der Waals surface area (Å²) in [6.07, 6.45) is -0.0597. The van der Waals surface area contributed by atoms with E-state index in [2.05, 4.69) is 15.5 Å². The van der Waals surface area contributed by atoms with Crippen molar-refractivity contribution in [3.8, 4) is 17.1 Å². The van der Waals surface area contributed by atoms with E-state index in [-0.39, 0.29) is 35.3 Å². The Morgan fingerprint density at radius 1 is 1.19 bits per heavy atom. The van der Waals surface area contributed by atoms with Gasteiger partial charge in [-0.05, 0) is 64.4 Å². The van der Waals surface area contributed by atoms with Crippen molar-refractivity contribution in [1.29, 1.82) is 0 Å². The number of carbonyl (C=O) groups is 2. The van der Waals surface area contributed by atoms with Gasteiger partial charge in [0.25, 0.3) is 5.91 Å². The molecular formula is C27H31FN4O9S2. The predicted octanol–water partition coefficient (Wildman–Crippen LogP) is 3.07. The maximum absolute atomic E-state index is 15.5. The maximum Gasteiger partial charge on any atom is 0.408 e. The van der Waals surface area contributed by atoms with Gasteiger partial charge in [-0.25, -0.2) is 26.0 Å². The zero-order chi connectivity index (χ0) is 32.1. The third-order valence-corrected chi connectivity index (χ3v) is 10.5. The summed E-state index contributed by atoms with van der Waals surface area (Å²) in [5.41, 5.74) is -1.08. The molecule has 1 aliphatic heterocycles. The van der Waals surface area contributed by atoms with E-state index in [4.69, 9.17) is 9.26 Å². The van der Waals surface area contributed by atoms with Crippen LogP contribution in [0.15, 0.2) is 45.8 Å². The summed E-state index contributed by atoms with van der Waals surface area (Å²) in [5.74, 6) is -3.57. The molecule has 2 heterocycles. The molecule has 2 amide bonds. The van der Waals surface area contributed by atoms with Gasteiger partial charge in [-0.2, -0.15) is 4.98 Å². The van der Waals surface area contributed by atoms with E-state index in [1.807, 2.05) is 0 Å². The first kappa shape index (κ1) is 31.9. The largest absolute Gasteiger partial charge is 0.508 e. The van der Waals surface area contributed by atoms with E-state index in [0.29, 0.717) is 11.6 Å². The lowest BCUT2D eigenvalue weighted by atomic mass is 10.1. The van der Waals surface area contributed by atoms with Crippen molar-refractivity contribution in [2.75, 3.05) is 16.9 Å². The molecular weight excluding hydrogens is 607 g/mol. The van der Waals surface area contributed by atoms with Crippen molar-refractivity contribution in [3.05, 3.63) is 53.7 Å². The van der Waals surface area contributed by atoms with Crippen LogP contribution in [0.4, 0.5) is 14.9 Å². The number of alkyl carbamates (subject to hydrolysis) is 1. The second-order valence-corrected chi connectivity index (χ2v) is 16.1. The molecule has 0 saturated carbocycles. The normalized spacial score (nSPS) is 17.2. The number of halogens is 1. The van der Waals surface area contributed by atoms with E-state index in [1.54, 1.807) is 20.8 Å². The molecule has 232 valence electrons. The van der Waals surface area contributed by atoms with Gasteiger partial charge in [0.1, 0.15) is 28.0 Å². The molecule has 2 N–H and O–H groups in total. The van der Waals surface area contributed by atoms with Crippen LogP contribution in [0.5, 0.6) is 5.75 Å². The molecule has 0 radical (unpaired) electrons. The number of rotatable bonds is 6. The lowest BCUT2D eigenvalue weighted by Crippen LogP contribution is -2.51. The number of phenols is 1. The number of phenolic OH excluding ortho intramolecular Hbond substituents is 1. The molecule has 3 aromatic rings. The molecule has 1 aliphatic rings. The van der Waals surface area contributed by atoms with Crippen LogP contribution >= 0.6 is 0 Å². The van der Waals surface area contributed by atoms with E-state index in [1.165, 1.54) is 38.1 Å². The zero-order valence-electron chi connectivity index (χ0n) is 24.2. The van der Waals surface area contributed by atoms with Gasteiger partial charge in [-0.15, -0.1) is 0 Å². The Bertz CT molecular complexity index is 1800. The number of hydrogen-bond donors (Lipinski definition) is 2. The summed E-state index contributed by atoms with van der Waals surface area (Å²) >= 11 is 0. The summed E-state index contributed by atoms with van der Waals surface area (Å²) in [5, 5.41) is 15.7. The average molecular weight is 639 g/mol. The molecule has 1 aromatic heterocycles. The number of anilines is 1. The van der Waals surface area contributed by atoms with E-state index in [9.17, 15) is 31.5 Å². The summed E-state index contributed by atoms with van der Waals surface area (Å²) in [6, 6.07) is 5.90. The number of ether oxygens (including phenoxy) is 1. The van der Waals surface area contributed by atoms with Gasteiger partial charge >= 0.3 is 6.09 Å². The number of aromatic hydroxyl groups is 1. The lowest BCUT2D eigenvalue weighted by Gasteiger charge is -2.27. The van der Waals surface area contributed by atoms with Crippen LogP contribution < -0.4 is 10.2 Å². The molecule has 0 bridgehead atoms. The Morgan fingerprint density at radius 2 is 1.81 bits per heavy atom. The third-order valence-electron chi connectivity index (χ3n) is 6.70. The number of aromatic nitrogens is 2. The standard InChI is InChI=1S/C27H31FN4O9S2/c1-26(2,3)40-25(35)29-19-14-43(38,39)21-12-18(28)17(22-30-24(41-31-22)27(4,5)42(6,36)37)11-20(21)32(23(19)34)13-15-7-9-16(33)10-8-15/h7-12,19,33H,13-14H2,1-6H3,(H,29,35)/t19-/m0/s1. The molecule has 2 aromatic carbocycles. The number of carbonyl (C=O) groups excluding carboxylic acids is 2. The van der Waals surface area contributed by atoms with E-state index < -0.39 is 64.5 Å². The summed E-state index contributed by atoms with van der Waals surface area (Å²) in [7, 11) is -8.13. The highest BCUT2D eigenvalue weighted by atomic mass is 32.2. The molecule has 13 nitrogen and oxygen atoms in total. The van der Waals surface area contributed by atoms with Gasteiger partial charge in [0.05, 0.1) is 28.4 Å². The zero-order valence-corrected chi connectivity index (χ0v) is 25.8. The van der Waals surface area contributed by atoms with Gasteiger partial charge in [-0.3, -0.25) is 4.79 Å². The van der Waals surface area contributed by atoms with Gasteiger partial charge in [0, 0.05) is 6.26 Å². The molecule has 16 heteroatoms. The number of nitrogens with one attached hydrogen (secondary N) is 1. The van der Waals surface area contributed by atoms with Crippen molar-refractivity contribution < 1.29 is 45.2 Å². The minimum Gasteiger partial charge on any atom is -0.508 e. The molecule has 0 unspecified atom stereocenters. The predicted molar refractivity (Wildman–Crippen MR) is 152 cm³/mol. The van der Waals surface area contributed by atoms with Gasteiger partial charge in [-0.1, -0.05) is 17.3 Å². The van der Waals surface area contributed by atoms with E-state index in [0.717, 1.165) is 17.2 Å². The van der Waals surface area contributed by atoms with Crippen molar-refractivity contribution in [2.45, 2.75) is 62.4 Å². The third kappa shape index (κ3) is 6.64. The Morgan fingerprint density at radius 3 is 2.40 bits per heavy atom. The fourth-order valence-electron chi connectivity index (χ4n) is 4.10. The number of amides is 2. The monoisotopic (exact) mass is 638 g/mol. The summed E-state index contributed by atoms with van der Waals surface area (Å²) < 4.78 is 75.8. The Labute approximate surface area is 247 Å². The summed E-state index contributed by atoms with van der Waals surface area (Å²) in [4.78, 5) is 31.0. The van der Waals surface area contributed by atoms with Gasteiger partial charge in [0.15, 0.2) is 19.7 Å². The number of sulfone groups is 2. The fraction of sp³-hybridized carbons (Fsp3) is 0.407. The van der Waals surface area contributed by atoms with Crippen molar-refractivity contribution >= 4 is 37.4 Å². The minimum absolute atomic E-state index is 0.0484. The Kier molecular flexibility index (Phi) is 8.08. The number of fused-ring (bicyclic) bond motifs is 1. The van der Waals surface area contributed by atoms with Crippen LogP contribution in [0, 0.1) is 5.82 Å². The molecule has 4 rings (SSSR count). The lowest BCUT2D eigenvalue weighted by molar-refractivity contribution is -0.120. The first-order valence-corrected chi connectivity index (χ1v) is 16.4. The van der Waals surface area contributed by atoms with Crippen LogP contribution in [-0.4, -0.2) is 67.7 Å². The second kappa shape index (κ2) is 10.9. The first-order chi connectivity index (χ1) is 19.7. The van der Waals surface area contributed by atoms with Crippen LogP contribution in [0.3, 0.4) is 0 Å². The van der Waals surface area contributed by atoms with Crippen LogP contribution in [-0.2, 0) is 40.5 Å². The van der Waals surface area contributed by atoms with Gasteiger partial charge < -0.3 is 24.6 Å². The fourth-order valence-corrected chi connectivity index (χ4v) is 6.11. The maximum atomic E-state index is 15.5. The number of hydrogen-bond acceptors (Lipinski definition) is 11. The Balaban J connectivity index is 1.87. The van der Waals surface area contributed by atoms with Crippen molar-refractivity contribution in [1.82, 2.24) is 15.5 Å². The average Bonchev–Trinajstić information content (AvgIpc) is 3.34. The van der Waals surface area contributed by atoms with Crippen LogP contribution in [0.25, 0.3) is 11.4 Å². The Hall–Kier alpha value is -4.05. The molecule has 0 saturated heterocycles. The highest BCUT2D eigenvalue weighted by Gasteiger charge is 2.42.